The Morgan fingerprint density at radius 1 is 1.33 bits per heavy atom. The number of aromatic nitrogens is 3. The van der Waals surface area contributed by atoms with Crippen molar-refractivity contribution in [2.75, 3.05) is 44.5 Å². The number of carbonyl (C=O) groups excluding carboxylic acids is 1. The first-order chi connectivity index (χ1) is 8.65. The highest BCUT2D eigenvalue weighted by atomic mass is 35.5. The van der Waals surface area contributed by atoms with Crippen molar-refractivity contribution < 1.29 is 9.53 Å². The molecule has 0 saturated carbocycles. The van der Waals surface area contributed by atoms with Gasteiger partial charge in [0.1, 0.15) is 0 Å². The largest absolute Gasteiger partial charge is 0.383 e. The highest BCUT2D eigenvalue weighted by Crippen LogP contribution is 2.08. The number of hydrogen-bond donors (Lipinski definition) is 3. The maximum Gasteiger partial charge on any atom is 0.239 e. The van der Waals surface area contributed by atoms with E-state index in [2.05, 4.69) is 30.9 Å². The number of anilines is 2. The minimum absolute atomic E-state index is 0.0488. The Bertz CT molecular complexity index is 403. The minimum Gasteiger partial charge on any atom is -0.383 e. The van der Waals surface area contributed by atoms with E-state index >= 15 is 0 Å². The molecule has 3 N–H and O–H groups in total. The molecule has 0 fully saturated rings. The Labute approximate surface area is 110 Å². The van der Waals surface area contributed by atoms with Gasteiger partial charge in [-0.25, -0.2) is 0 Å². The SMILES string of the molecule is CNc1nc(Cl)nc(NCC(=O)NCCOC)n1. The molecule has 0 unspecified atom stereocenters. The lowest BCUT2D eigenvalue weighted by molar-refractivity contribution is -0.119. The molecule has 1 aromatic rings. The molecule has 0 saturated heterocycles. The van der Waals surface area contributed by atoms with Crippen LogP contribution in [0.25, 0.3) is 0 Å². The van der Waals surface area contributed by atoms with Crippen LogP contribution < -0.4 is 16.0 Å². The topological polar surface area (TPSA) is 101 Å². The van der Waals surface area contributed by atoms with Gasteiger partial charge in [0, 0.05) is 20.7 Å². The first kappa shape index (κ1) is 14.4. The van der Waals surface area contributed by atoms with Gasteiger partial charge in [-0.15, -0.1) is 0 Å². The van der Waals surface area contributed by atoms with Crippen LogP contribution in [-0.2, 0) is 9.53 Å². The molecule has 0 aliphatic rings. The number of methoxy groups -OCH3 is 1. The summed E-state index contributed by atoms with van der Waals surface area (Å²) in [5.41, 5.74) is 0. The van der Waals surface area contributed by atoms with Gasteiger partial charge in [-0.2, -0.15) is 15.0 Å². The second-order valence-electron chi connectivity index (χ2n) is 3.20. The fourth-order valence-electron chi connectivity index (χ4n) is 1.06. The van der Waals surface area contributed by atoms with Gasteiger partial charge in [0.25, 0.3) is 0 Å². The van der Waals surface area contributed by atoms with E-state index in [1.807, 2.05) is 0 Å². The summed E-state index contributed by atoms with van der Waals surface area (Å²) in [6, 6.07) is 0. The minimum atomic E-state index is -0.186. The number of ether oxygens (including phenoxy) is 1. The maximum absolute atomic E-state index is 11.4. The first-order valence-electron chi connectivity index (χ1n) is 5.24. The number of nitrogens with one attached hydrogen (secondary N) is 3. The monoisotopic (exact) mass is 274 g/mol. The van der Waals surface area contributed by atoms with Crippen LogP contribution in [0.2, 0.25) is 5.28 Å². The Morgan fingerprint density at radius 2 is 2.06 bits per heavy atom. The second kappa shape index (κ2) is 7.62. The number of carbonyl (C=O) groups is 1. The molecule has 0 radical (unpaired) electrons. The standard InChI is InChI=1S/C9H15ClN6O2/c1-11-8-14-7(10)15-9(16-8)13-5-6(17)12-3-4-18-2/h3-5H2,1-2H3,(H,12,17)(H2,11,13,14,15,16). The van der Waals surface area contributed by atoms with Crippen molar-refractivity contribution in [1.82, 2.24) is 20.3 Å². The second-order valence-corrected chi connectivity index (χ2v) is 3.54. The summed E-state index contributed by atoms with van der Waals surface area (Å²) in [6.45, 7) is 0.969. The lowest BCUT2D eigenvalue weighted by Gasteiger charge is -2.07. The summed E-state index contributed by atoms with van der Waals surface area (Å²) in [6.07, 6.45) is 0. The third kappa shape index (κ3) is 5.11. The molecule has 0 bridgehead atoms. The molecule has 0 spiro atoms. The normalized spacial score (nSPS) is 9.94. The average molecular weight is 275 g/mol. The molecular formula is C9H15ClN6O2. The van der Waals surface area contributed by atoms with E-state index in [-0.39, 0.29) is 23.7 Å². The maximum atomic E-state index is 11.4. The molecular weight excluding hydrogens is 260 g/mol. The highest BCUT2D eigenvalue weighted by Gasteiger charge is 2.05. The first-order valence-corrected chi connectivity index (χ1v) is 5.62. The highest BCUT2D eigenvalue weighted by molar-refractivity contribution is 6.28. The molecule has 1 amide bonds. The predicted molar refractivity (Wildman–Crippen MR) is 67.8 cm³/mol. The zero-order valence-corrected chi connectivity index (χ0v) is 10.9. The zero-order chi connectivity index (χ0) is 13.4. The van der Waals surface area contributed by atoms with Crippen LogP contribution in [0, 0.1) is 0 Å². The van der Waals surface area contributed by atoms with Crippen LogP contribution in [0.3, 0.4) is 0 Å². The molecule has 0 atom stereocenters. The van der Waals surface area contributed by atoms with Gasteiger partial charge >= 0.3 is 0 Å². The van der Waals surface area contributed by atoms with E-state index < -0.39 is 0 Å². The van der Waals surface area contributed by atoms with Gasteiger partial charge in [0.15, 0.2) is 0 Å². The molecule has 100 valence electrons. The van der Waals surface area contributed by atoms with Gasteiger partial charge in [-0.1, -0.05) is 0 Å². The Hall–Kier alpha value is -1.67. The van der Waals surface area contributed by atoms with Gasteiger partial charge in [-0.05, 0) is 11.6 Å². The van der Waals surface area contributed by atoms with Crippen molar-refractivity contribution in [1.29, 1.82) is 0 Å². The Kier molecular flexibility index (Phi) is 6.09. The summed E-state index contributed by atoms with van der Waals surface area (Å²) >= 11 is 5.69. The molecule has 8 nitrogen and oxygen atoms in total. The van der Waals surface area contributed by atoms with Gasteiger partial charge in [0.05, 0.1) is 13.2 Å². The summed E-state index contributed by atoms with van der Waals surface area (Å²) in [7, 11) is 3.23. The Morgan fingerprint density at radius 3 is 2.72 bits per heavy atom. The average Bonchev–Trinajstić information content (AvgIpc) is 2.36. The van der Waals surface area contributed by atoms with Crippen molar-refractivity contribution in [3.05, 3.63) is 5.28 Å². The van der Waals surface area contributed by atoms with E-state index in [1.54, 1.807) is 14.2 Å². The van der Waals surface area contributed by atoms with Gasteiger partial charge in [-0.3, -0.25) is 4.79 Å². The van der Waals surface area contributed by atoms with Gasteiger partial charge < -0.3 is 20.7 Å². The molecule has 0 aromatic carbocycles. The van der Waals surface area contributed by atoms with Crippen LogP contribution in [0.15, 0.2) is 0 Å². The number of nitrogens with zero attached hydrogens (tertiary/aromatic N) is 3. The number of hydrogen-bond acceptors (Lipinski definition) is 7. The summed E-state index contributed by atoms with van der Waals surface area (Å²) in [4.78, 5) is 23.0. The number of amides is 1. The molecule has 1 rings (SSSR count). The van der Waals surface area contributed by atoms with Crippen LogP contribution in [0.4, 0.5) is 11.9 Å². The van der Waals surface area contributed by atoms with Crippen LogP contribution in [0.1, 0.15) is 0 Å². The van der Waals surface area contributed by atoms with E-state index in [1.165, 1.54) is 0 Å². The lowest BCUT2D eigenvalue weighted by atomic mass is 10.5. The van der Waals surface area contributed by atoms with E-state index in [4.69, 9.17) is 16.3 Å². The number of halogens is 1. The molecule has 9 heteroatoms. The molecule has 18 heavy (non-hydrogen) atoms. The quantitative estimate of drug-likeness (QED) is 0.589. The number of rotatable bonds is 7. The summed E-state index contributed by atoms with van der Waals surface area (Å²) in [5.74, 6) is 0.383. The van der Waals surface area contributed by atoms with E-state index in [0.29, 0.717) is 19.1 Å². The zero-order valence-electron chi connectivity index (χ0n) is 10.2. The van der Waals surface area contributed by atoms with Crippen molar-refractivity contribution in [3.63, 3.8) is 0 Å². The van der Waals surface area contributed by atoms with Crippen molar-refractivity contribution in [2.45, 2.75) is 0 Å². The Balaban J connectivity index is 2.43. The third-order valence-corrected chi connectivity index (χ3v) is 2.04. The van der Waals surface area contributed by atoms with Gasteiger partial charge in [0.2, 0.25) is 23.1 Å². The molecule has 0 aliphatic heterocycles. The van der Waals surface area contributed by atoms with Crippen LogP contribution >= 0.6 is 11.6 Å². The summed E-state index contributed by atoms with van der Waals surface area (Å²) < 4.78 is 4.81. The fraction of sp³-hybridized carbons (Fsp3) is 0.556. The van der Waals surface area contributed by atoms with E-state index in [0.717, 1.165) is 0 Å². The van der Waals surface area contributed by atoms with Crippen molar-refractivity contribution in [2.24, 2.45) is 0 Å². The van der Waals surface area contributed by atoms with E-state index in [9.17, 15) is 4.79 Å². The fourth-order valence-corrected chi connectivity index (χ4v) is 1.22. The molecule has 0 aliphatic carbocycles. The lowest BCUT2D eigenvalue weighted by Crippen LogP contribution is -2.32. The summed E-state index contributed by atoms with van der Waals surface area (Å²) in [5, 5.41) is 8.18. The van der Waals surface area contributed by atoms with Crippen molar-refractivity contribution >= 4 is 29.4 Å². The van der Waals surface area contributed by atoms with Crippen LogP contribution in [-0.4, -0.2) is 54.7 Å². The smallest absolute Gasteiger partial charge is 0.239 e. The van der Waals surface area contributed by atoms with Crippen molar-refractivity contribution in [3.8, 4) is 0 Å². The molecule has 1 heterocycles. The molecule has 1 aromatic heterocycles. The predicted octanol–water partition coefficient (Wildman–Crippen LogP) is -0.259. The van der Waals surface area contributed by atoms with Crippen LogP contribution in [0.5, 0.6) is 0 Å². The third-order valence-electron chi connectivity index (χ3n) is 1.87.